The van der Waals surface area contributed by atoms with Crippen LogP contribution in [0, 0.1) is 0 Å². The molecule has 1 amide bonds. The van der Waals surface area contributed by atoms with E-state index < -0.39 is 16.1 Å². The number of nitrogens with zero attached hydrogens (tertiary/aromatic N) is 1. The van der Waals surface area contributed by atoms with Crippen LogP contribution in [0.1, 0.15) is 38.3 Å². The van der Waals surface area contributed by atoms with E-state index in [1.807, 2.05) is 13.8 Å². The second-order valence-corrected chi connectivity index (χ2v) is 6.70. The third kappa shape index (κ3) is 5.24. The van der Waals surface area contributed by atoms with E-state index in [0.29, 0.717) is 6.42 Å². The second-order valence-electron chi connectivity index (χ2n) is 5.13. The van der Waals surface area contributed by atoms with Crippen LogP contribution in [-0.2, 0) is 14.8 Å². The van der Waals surface area contributed by atoms with Gasteiger partial charge in [0, 0.05) is 7.05 Å². The van der Waals surface area contributed by atoms with Gasteiger partial charge in [-0.25, -0.2) is 13.6 Å². The van der Waals surface area contributed by atoms with Gasteiger partial charge in [0.25, 0.3) is 0 Å². The van der Waals surface area contributed by atoms with Gasteiger partial charge in [-0.2, -0.15) is 0 Å². The fraction of sp³-hybridized carbons (Fsp3) is 0.500. The summed E-state index contributed by atoms with van der Waals surface area (Å²) < 4.78 is 22.4. The molecule has 0 spiro atoms. The summed E-state index contributed by atoms with van der Waals surface area (Å²) in [4.78, 5) is 13.8. The summed E-state index contributed by atoms with van der Waals surface area (Å²) in [5.74, 6) is -0.125. The summed E-state index contributed by atoms with van der Waals surface area (Å²) in [5, 5.41) is 5.06. The van der Waals surface area contributed by atoms with Crippen LogP contribution in [0.25, 0.3) is 0 Å². The summed E-state index contributed by atoms with van der Waals surface area (Å²) in [6.07, 6.45) is 1.48. The highest BCUT2D eigenvalue weighted by molar-refractivity contribution is 7.89. The van der Waals surface area contributed by atoms with Crippen LogP contribution >= 0.6 is 12.4 Å². The minimum absolute atomic E-state index is 0. The first kappa shape index (κ1) is 20.9. The predicted molar refractivity (Wildman–Crippen MR) is 89.1 cm³/mol. The molecule has 2 unspecified atom stereocenters. The zero-order valence-electron chi connectivity index (χ0n) is 13.0. The van der Waals surface area contributed by atoms with Crippen molar-refractivity contribution in [2.24, 2.45) is 10.9 Å². The lowest BCUT2D eigenvalue weighted by Crippen LogP contribution is -2.42. The minimum atomic E-state index is -3.70. The van der Waals surface area contributed by atoms with Crippen LogP contribution in [0.5, 0.6) is 0 Å². The summed E-state index contributed by atoms with van der Waals surface area (Å²) >= 11 is 0. The predicted octanol–water partition coefficient (Wildman–Crippen LogP) is 1.40. The fourth-order valence-corrected chi connectivity index (χ4v) is 2.56. The first-order valence-electron chi connectivity index (χ1n) is 6.83. The van der Waals surface area contributed by atoms with Crippen molar-refractivity contribution in [2.45, 2.75) is 43.7 Å². The van der Waals surface area contributed by atoms with E-state index in [0.717, 1.165) is 12.0 Å². The molecule has 8 heteroatoms. The number of likely N-dealkylation sites (N-methyl/N-ethyl adjacent to an activating group) is 1. The van der Waals surface area contributed by atoms with Gasteiger partial charge in [0.15, 0.2) is 0 Å². The van der Waals surface area contributed by atoms with Gasteiger partial charge in [0.2, 0.25) is 15.9 Å². The molecule has 126 valence electrons. The Morgan fingerprint density at radius 1 is 1.27 bits per heavy atom. The van der Waals surface area contributed by atoms with Crippen LogP contribution < -0.4 is 10.9 Å². The molecule has 22 heavy (non-hydrogen) atoms. The summed E-state index contributed by atoms with van der Waals surface area (Å²) in [6, 6.07) is 5.47. The van der Waals surface area contributed by atoms with E-state index in [1.54, 1.807) is 24.1 Å². The van der Waals surface area contributed by atoms with Crippen molar-refractivity contribution < 1.29 is 13.2 Å². The number of primary sulfonamides is 1. The third-order valence-electron chi connectivity index (χ3n) is 3.54. The summed E-state index contributed by atoms with van der Waals surface area (Å²) in [5.41, 5.74) is 6.66. The molecule has 1 aromatic carbocycles. The van der Waals surface area contributed by atoms with Crippen LogP contribution in [0.4, 0.5) is 0 Å². The van der Waals surface area contributed by atoms with E-state index in [-0.39, 0.29) is 29.3 Å². The van der Waals surface area contributed by atoms with E-state index in [1.165, 1.54) is 12.1 Å². The minimum Gasteiger partial charge on any atom is -0.338 e. The smallest absolute Gasteiger partial charge is 0.239 e. The Kier molecular flexibility index (Phi) is 8.03. The van der Waals surface area contributed by atoms with Crippen LogP contribution in [0.15, 0.2) is 29.2 Å². The maximum Gasteiger partial charge on any atom is 0.239 e. The summed E-state index contributed by atoms with van der Waals surface area (Å²) in [6.45, 7) is 3.84. The molecule has 0 bridgehead atoms. The molecule has 1 aromatic rings. The highest BCUT2D eigenvalue weighted by Crippen LogP contribution is 2.21. The lowest BCUT2D eigenvalue weighted by Gasteiger charge is -2.28. The Morgan fingerprint density at radius 3 is 2.18 bits per heavy atom. The second kappa shape index (κ2) is 8.47. The zero-order valence-corrected chi connectivity index (χ0v) is 14.7. The molecule has 0 saturated carbocycles. The number of amides is 1. The Balaban J connectivity index is 0.00000441. The van der Waals surface area contributed by atoms with E-state index >= 15 is 0 Å². The average Bonchev–Trinajstić information content (AvgIpc) is 2.44. The van der Waals surface area contributed by atoms with E-state index in [2.05, 4.69) is 0 Å². The van der Waals surface area contributed by atoms with Crippen LogP contribution in [0.2, 0.25) is 0 Å². The van der Waals surface area contributed by atoms with Crippen molar-refractivity contribution in [1.29, 1.82) is 0 Å². The maximum atomic E-state index is 12.2. The SMILES string of the molecule is CCCC(N)C(=O)N(C)C(C)c1ccc(S(N)(=O)=O)cc1.Cl. The molecule has 0 aliphatic rings. The molecular weight excluding hydrogens is 326 g/mol. The standard InChI is InChI=1S/C14H23N3O3S.ClH/c1-4-5-13(15)14(18)17(3)10(2)11-6-8-12(9-7-11)21(16,19)20;/h6-10,13H,4-5,15H2,1-3H3,(H2,16,19,20);1H. The molecular formula is C14H24ClN3O3S. The molecule has 0 radical (unpaired) electrons. The topological polar surface area (TPSA) is 106 Å². The van der Waals surface area contributed by atoms with Gasteiger partial charge in [0.05, 0.1) is 17.0 Å². The van der Waals surface area contributed by atoms with Gasteiger partial charge >= 0.3 is 0 Å². The highest BCUT2D eigenvalue weighted by Gasteiger charge is 2.22. The van der Waals surface area contributed by atoms with Gasteiger partial charge in [-0.15, -0.1) is 12.4 Å². The molecule has 6 nitrogen and oxygen atoms in total. The molecule has 0 heterocycles. The van der Waals surface area contributed by atoms with Crippen LogP contribution in [0.3, 0.4) is 0 Å². The summed E-state index contributed by atoms with van der Waals surface area (Å²) in [7, 11) is -2.01. The van der Waals surface area contributed by atoms with Crippen molar-refractivity contribution in [1.82, 2.24) is 4.90 Å². The molecule has 0 fully saturated rings. The molecule has 2 atom stereocenters. The molecule has 0 saturated heterocycles. The Morgan fingerprint density at radius 2 is 1.77 bits per heavy atom. The van der Waals surface area contributed by atoms with Crippen molar-refractivity contribution in [3.05, 3.63) is 29.8 Å². The van der Waals surface area contributed by atoms with Crippen LogP contribution in [-0.4, -0.2) is 32.3 Å². The lowest BCUT2D eigenvalue weighted by molar-refractivity contribution is -0.133. The number of hydrogen-bond donors (Lipinski definition) is 2. The molecule has 1 rings (SSSR count). The first-order valence-corrected chi connectivity index (χ1v) is 8.38. The number of nitrogens with two attached hydrogens (primary N) is 2. The number of benzene rings is 1. The van der Waals surface area contributed by atoms with Gasteiger partial charge in [-0.1, -0.05) is 25.5 Å². The van der Waals surface area contributed by atoms with Gasteiger partial charge in [-0.05, 0) is 31.0 Å². The zero-order chi connectivity index (χ0) is 16.2. The van der Waals surface area contributed by atoms with Gasteiger partial charge in [-0.3, -0.25) is 4.79 Å². The first-order chi connectivity index (χ1) is 9.68. The Hall–Kier alpha value is -1.15. The van der Waals surface area contributed by atoms with Crippen molar-refractivity contribution in [2.75, 3.05) is 7.05 Å². The van der Waals surface area contributed by atoms with Gasteiger partial charge in [0.1, 0.15) is 0 Å². The number of carbonyl (C=O) groups is 1. The third-order valence-corrected chi connectivity index (χ3v) is 4.47. The van der Waals surface area contributed by atoms with Crippen molar-refractivity contribution >= 4 is 28.3 Å². The molecule has 0 aliphatic carbocycles. The number of carbonyl (C=O) groups excluding carboxylic acids is 1. The monoisotopic (exact) mass is 349 g/mol. The average molecular weight is 350 g/mol. The van der Waals surface area contributed by atoms with E-state index in [4.69, 9.17) is 10.9 Å². The normalized spacial score (nSPS) is 13.9. The Bertz CT molecular complexity index is 590. The van der Waals surface area contributed by atoms with E-state index in [9.17, 15) is 13.2 Å². The quantitative estimate of drug-likeness (QED) is 0.809. The van der Waals surface area contributed by atoms with Gasteiger partial charge < -0.3 is 10.6 Å². The fourth-order valence-electron chi connectivity index (χ4n) is 2.05. The maximum absolute atomic E-state index is 12.2. The Labute approximate surface area is 138 Å². The highest BCUT2D eigenvalue weighted by atomic mass is 35.5. The number of halogens is 1. The number of sulfonamides is 1. The lowest BCUT2D eigenvalue weighted by atomic mass is 10.1. The molecule has 0 aliphatic heterocycles. The van der Waals surface area contributed by atoms with Crippen molar-refractivity contribution in [3.8, 4) is 0 Å². The molecule has 0 aromatic heterocycles. The molecule has 4 N–H and O–H groups in total. The largest absolute Gasteiger partial charge is 0.338 e. The van der Waals surface area contributed by atoms with Crippen molar-refractivity contribution in [3.63, 3.8) is 0 Å². The number of rotatable bonds is 6. The number of hydrogen-bond acceptors (Lipinski definition) is 4.